The zero-order chi connectivity index (χ0) is 21.4. The Balaban J connectivity index is 1.48. The van der Waals surface area contributed by atoms with Gasteiger partial charge in [-0.2, -0.15) is 0 Å². The summed E-state index contributed by atoms with van der Waals surface area (Å²) in [4.78, 5) is 2.52. The lowest BCUT2D eigenvalue weighted by atomic mass is 9.82. The molecule has 0 bridgehead atoms. The Kier molecular flexibility index (Phi) is 5.30. The average molecular weight is 416 g/mol. The van der Waals surface area contributed by atoms with E-state index in [4.69, 9.17) is 9.47 Å². The number of nitrogens with zero attached hydrogens (tertiary/aromatic N) is 1. The maximum absolute atomic E-state index is 5.55. The minimum absolute atomic E-state index is 0.179. The molecule has 3 aromatic carbocycles. The van der Waals surface area contributed by atoms with Crippen molar-refractivity contribution in [3.05, 3.63) is 89.0 Å². The topological polar surface area (TPSA) is 45.8 Å². The van der Waals surface area contributed by atoms with Crippen molar-refractivity contribution in [2.45, 2.75) is 25.6 Å². The number of hydrazine groups is 1. The third kappa shape index (κ3) is 3.64. The second kappa shape index (κ2) is 8.25. The van der Waals surface area contributed by atoms with Crippen LogP contribution in [0.15, 0.2) is 66.7 Å². The van der Waals surface area contributed by atoms with Crippen molar-refractivity contribution in [1.29, 1.82) is 0 Å². The van der Waals surface area contributed by atoms with Gasteiger partial charge in [-0.1, -0.05) is 54.1 Å². The fourth-order valence-electron chi connectivity index (χ4n) is 4.94. The lowest BCUT2D eigenvalue weighted by Gasteiger charge is -2.39. The zero-order valence-electron chi connectivity index (χ0n) is 18.3. The number of hydrogen-bond donors (Lipinski definition) is 2. The highest BCUT2D eigenvalue weighted by molar-refractivity contribution is 5.59. The lowest BCUT2D eigenvalue weighted by Crippen LogP contribution is -2.39. The molecule has 3 unspecified atom stereocenters. The fourth-order valence-corrected chi connectivity index (χ4v) is 4.94. The number of benzene rings is 3. The van der Waals surface area contributed by atoms with E-state index >= 15 is 0 Å². The Labute approximate surface area is 184 Å². The number of para-hydroxylation sites is 1. The molecule has 1 fully saturated rings. The van der Waals surface area contributed by atoms with Crippen molar-refractivity contribution in [3.8, 4) is 11.5 Å². The number of rotatable bonds is 5. The van der Waals surface area contributed by atoms with Crippen molar-refractivity contribution in [1.82, 2.24) is 10.9 Å². The van der Waals surface area contributed by atoms with Gasteiger partial charge in [-0.15, -0.1) is 0 Å². The minimum Gasteiger partial charge on any atom is -0.493 e. The highest BCUT2D eigenvalue weighted by atomic mass is 16.5. The molecule has 5 heteroatoms. The number of fused-ring (bicyclic) bond motifs is 3. The van der Waals surface area contributed by atoms with E-state index < -0.39 is 0 Å². The number of methoxy groups -OCH3 is 2. The SMILES string of the molecule is COc1ccc(C2NNC3c4ccccc4N(Cc4ccc(C)cc4)CC23)cc1OC. The third-order valence-corrected chi connectivity index (χ3v) is 6.56. The summed E-state index contributed by atoms with van der Waals surface area (Å²) in [6.45, 7) is 4.00. The van der Waals surface area contributed by atoms with Crippen LogP contribution < -0.4 is 25.2 Å². The Hall–Kier alpha value is -3.02. The summed E-state index contributed by atoms with van der Waals surface area (Å²) in [7, 11) is 3.36. The van der Waals surface area contributed by atoms with Gasteiger partial charge in [0, 0.05) is 24.7 Å². The number of anilines is 1. The average Bonchev–Trinajstić information content (AvgIpc) is 3.24. The smallest absolute Gasteiger partial charge is 0.161 e. The maximum atomic E-state index is 5.55. The van der Waals surface area contributed by atoms with Gasteiger partial charge in [-0.05, 0) is 41.8 Å². The van der Waals surface area contributed by atoms with Crippen LogP contribution in [0.1, 0.15) is 34.3 Å². The second-order valence-corrected chi connectivity index (χ2v) is 8.45. The molecule has 0 spiro atoms. The van der Waals surface area contributed by atoms with Gasteiger partial charge in [0.15, 0.2) is 11.5 Å². The Morgan fingerprint density at radius 2 is 1.61 bits per heavy atom. The van der Waals surface area contributed by atoms with Crippen LogP contribution in [0.3, 0.4) is 0 Å². The molecular weight excluding hydrogens is 386 g/mol. The van der Waals surface area contributed by atoms with E-state index in [1.807, 2.05) is 6.07 Å². The summed E-state index contributed by atoms with van der Waals surface area (Å²) in [5.74, 6) is 1.90. The first-order valence-electron chi connectivity index (χ1n) is 10.8. The van der Waals surface area contributed by atoms with Crippen molar-refractivity contribution in [2.75, 3.05) is 25.7 Å². The Morgan fingerprint density at radius 3 is 2.39 bits per heavy atom. The van der Waals surface area contributed by atoms with E-state index in [1.165, 1.54) is 27.9 Å². The molecular formula is C26H29N3O2. The molecule has 0 saturated carbocycles. The largest absolute Gasteiger partial charge is 0.493 e. The lowest BCUT2D eigenvalue weighted by molar-refractivity contribution is 0.352. The van der Waals surface area contributed by atoms with E-state index in [0.29, 0.717) is 5.92 Å². The summed E-state index contributed by atoms with van der Waals surface area (Å²) < 4.78 is 11.0. The molecule has 3 aromatic rings. The van der Waals surface area contributed by atoms with Gasteiger partial charge in [0.05, 0.1) is 26.3 Å². The quantitative estimate of drug-likeness (QED) is 0.641. The van der Waals surface area contributed by atoms with Crippen molar-refractivity contribution in [2.24, 2.45) is 5.92 Å². The predicted octanol–water partition coefficient (Wildman–Crippen LogP) is 4.54. The van der Waals surface area contributed by atoms with E-state index in [1.54, 1.807) is 14.2 Å². The molecule has 2 aliphatic heterocycles. The molecule has 160 valence electrons. The van der Waals surface area contributed by atoms with Crippen molar-refractivity contribution in [3.63, 3.8) is 0 Å². The van der Waals surface area contributed by atoms with E-state index in [2.05, 4.69) is 83.3 Å². The van der Waals surface area contributed by atoms with Crippen molar-refractivity contribution < 1.29 is 9.47 Å². The van der Waals surface area contributed by atoms with Crippen LogP contribution in [-0.2, 0) is 6.54 Å². The molecule has 0 aromatic heterocycles. The molecule has 1 saturated heterocycles. The molecule has 0 amide bonds. The van der Waals surface area contributed by atoms with Gasteiger partial charge < -0.3 is 14.4 Å². The predicted molar refractivity (Wildman–Crippen MR) is 123 cm³/mol. The molecule has 2 heterocycles. The van der Waals surface area contributed by atoms with Gasteiger partial charge in [0.25, 0.3) is 0 Å². The fraction of sp³-hybridized carbons (Fsp3) is 0.308. The molecule has 0 aliphatic carbocycles. The number of ether oxygens (including phenoxy) is 2. The summed E-state index contributed by atoms with van der Waals surface area (Å²) in [6.07, 6.45) is 0. The summed E-state index contributed by atoms with van der Waals surface area (Å²) in [5.41, 5.74) is 13.6. The van der Waals surface area contributed by atoms with Crippen LogP contribution >= 0.6 is 0 Å². The molecule has 5 rings (SSSR count). The number of hydrogen-bond acceptors (Lipinski definition) is 5. The minimum atomic E-state index is 0.179. The summed E-state index contributed by atoms with van der Waals surface area (Å²) in [6, 6.07) is 24.3. The van der Waals surface area contributed by atoms with Gasteiger partial charge in [0.2, 0.25) is 0 Å². The molecule has 5 nitrogen and oxygen atoms in total. The van der Waals surface area contributed by atoms with Crippen LogP contribution in [0.5, 0.6) is 11.5 Å². The first kappa shape index (κ1) is 19.9. The third-order valence-electron chi connectivity index (χ3n) is 6.56. The number of aryl methyl sites for hydroxylation is 1. The molecule has 3 atom stereocenters. The number of nitrogens with one attached hydrogen (secondary N) is 2. The van der Waals surface area contributed by atoms with E-state index in [0.717, 1.165) is 24.6 Å². The Bertz CT molecular complexity index is 1070. The first-order chi connectivity index (χ1) is 15.2. The standard InChI is InChI=1S/C26H29N3O2/c1-17-8-10-18(11-9-17)15-29-16-21-25(19-12-13-23(30-2)24(14-19)31-3)27-28-26(21)20-6-4-5-7-22(20)29/h4-14,21,25-28H,15-16H2,1-3H3. The second-order valence-electron chi connectivity index (χ2n) is 8.45. The van der Waals surface area contributed by atoms with Crippen LogP contribution in [0, 0.1) is 12.8 Å². The summed E-state index contributed by atoms with van der Waals surface area (Å²) in [5, 5.41) is 0. The summed E-state index contributed by atoms with van der Waals surface area (Å²) >= 11 is 0. The Morgan fingerprint density at radius 1 is 0.871 bits per heavy atom. The molecule has 31 heavy (non-hydrogen) atoms. The molecule has 2 N–H and O–H groups in total. The van der Waals surface area contributed by atoms with Gasteiger partial charge in [0.1, 0.15) is 0 Å². The first-order valence-corrected chi connectivity index (χ1v) is 10.8. The molecule has 2 aliphatic rings. The van der Waals surface area contributed by atoms with Crippen LogP contribution in [0.4, 0.5) is 5.69 Å². The zero-order valence-corrected chi connectivity index (χ0v) is 18.3. The van der Waals surface area contributed by atoms with Gasteiger partial charge in [-0.25, -0.2) is 10.9 Å². The molecule has 0 radical (unpaired) electrons. The highest BCUT2D eigenvalue weighted by Gasteiger charge is 2.43. The van der Waals surface area contributed by atoms with E-state index in [-0.39, 0.29) is 12.1 Å². The van der Waals surface area contributed by atoms with Gasteiger partial charge in [-0.3, -0.25) is 0 Å². The maximum Gasteiger partial charge on any atom is 0.161 e. The van der Waals surface area contributed by atoms with Crippen LogP contribution in [0.2, 0.25) is 0 Å². The van der Waals surface area contributed by atoms with E-state index in [9.17, 15) is 0 Å². The monoisotopic (exact) mass is 415 g/mol. The van der Waals surface area contributed by atoms with Crippen molar-refractivity contribution >= 4 is 5.69 Å². The van der Waals surface area contributed by atoms with Crippen LogP contribution in [-0.4, -0.2) is 20.8 Å². The van der Waals surface area contributed by atoms with Crippen LogP contribution in [0.25, 0.3) is 0 Å². The normalized spacial score (nSPS) is 22.0. The van der Waals surface area contributed by atoms with Gasteiger partial charge >= 0.3 is 0 Å². The highest BCUT2D eigenvalue weighted by Crippen LogP contribution is 2.46.